The van der Waals surface area contributed by atoms with E-state index in [-0.39, 0.29) is 12.6 Å². The van der Waals surface area contributed by atoms with Crippen molar-refractivity contribution in [1.82, 2.24) is 15.0 Å². The molecule has 134 valence electrons. The average molecular weight is 351 g/mol. The summed E-state index contributed by atoms with van der Waals surface area (Å²) in [6.07, 6.45) is 6.10. The van der Waals surface area contributed by atoms with E-state index in [9.17, 15) is 9.90 Å². The first kappa shape index (κ1) is 17.8. The number of aromatic nitrogens is 2. The van der Waals surface area contributed by atoms with Crippen molar-refractivity contribution >= 4 is 23.0 Å². The molecule has 0 aliphatic carbocycles. The molecule has 2 aromatic carbocycles. The summed E-state index contributed by atoms with van der Waals surface area (Å²) in [5.41, 5.74) is 5.37. The normalized spacial score (nSPS) is 12.5. The molecule has 0 saturated heterocycles. The van der Waals surface area contributed by atoms with E-state index in [1.807, 2.05) is 36.4 Å². The van der Waals surface area contributed by atoms with E-state index in [4.69, 9.17) is 5.21 Å². The van der Waals surface area contributed by atoms with E-state index in [2.05, 4.69) is 21.7 Å². The van der Waals surface area contributed by atoms with Crippen LogP contribution < -0.4 is 5.48 Å². The van der Waals surface area contributed by atoms with Crippen LogP contribution in [0.4, 0.5) is 0 Å². The van der Waals surface area contributed by atoms with Crippen molar-refractivity contribution in [2.45, 2.75) is 18.9 Å². The Morgan fingerprint density at radius 3 is 2.77 bits per heavy atom. The van der Waals surface area contributed by atoms with Crippen LogP contribution in [0.15, 0.2) is 60.9 Å². The maximum absolute atomic E-state index is 11.1. The molecule has 1 aromatic heterocycles. The fraction of sp³-hybridized carbons (Fsp3) is 0.200. The Morgan fingerprint density at radius 2 is 2.04 bits per heavy atom. The Hall–Kier alpha value is -2.96. The van der Waals surface area contributed by atoms with Gasteiger partial charge in [-0.05, 0) is 42.2 Å². The molecule has 3 rings (SSSR count). The van der Waals surface area contributed by atoms with Crippen LogP contribution in [0.5, 0.6) is 0 Å². The van der Waals surface area contributed by atoms with Crippen LogP contribution in [0.1, 0.15) is 23.6 Å². The number of aliphatic hydroxyl groups excluding tert-OH is 1. The maximum atomic E-state index is 11.1. The van der Waals surface area contributed by atoms with E-state index < -0.39 is 5.91 Å². The summed E-state index contributed by atoms with van der Waals surface area (Å²) in [4.78, 5) is 15.6. The summed E-state index contributed by atoms with van der Waals surface area (Å²) in [6, 6.07) is 16.0. The monoisotopic (exact) mass is 351 g/mol. The number of aliphatic hydroxyl groups is 1. The lowest BCUT2D eigenvalue weighted by Crippen LogP contribution is -2.14. The Balaban J connectivity index is 1.88. The van der Waals surface area contributed by atoms with Crippen molar-refractivity contribution < 1.29 is 15.1 Å². The second-order valence-electron chi connectivity index (χ2n) is 6.07. The smallest absolute Gasteiger partial charge is 0.267 e. The molecular formula is C20H21N3O3. The van der Waals surface area contributed by atoms with Gasteiger partial charge >= 0.3 is 0 Å². The topological polar surface area (TPSA) is 87.4 Å². The zero-order valence-corrected chi connectivity index (χ0v) is 14.2. The van der Waals surface area contributed by atoms with Crippen LogP contribution in [0, 0.1) is 0 Å². The lowest BCUT2D eigenvalue weighted by molar-refractivity contribution is -0.124. The standard InChI is InChI=1S/C20H21N3O3/c24-11-10-17(12-15-4-2-1-3-5-15)23-14-21-18-13-16(6-8-19(18)23)7-9-20(25)22-26/h1-9,13-14,17,24,26H,10-12H2,(H,22,25). The third kappa shape index (κ3) is 4.17. The Morgan fingerprint density at radius 1 is 1.23 bits per heavy atom. The minimum Gasteiger partial charge on any atom is -0.396 e. The largest absolute Gasteiger partial charge is 0.396 e. The molecule has 3 N–H and O–H groups in total. The SMILES string of the molecule is O=C(C=Cc1ccc2c(c1)ncn2C(CCO)Cc1ccccc1)NO. The third-order valence-corrected chi connectivity index (χ3v) is 4.31. The Labute approximate surface area is 151 Å². The quantitative estimate of drug-likeness (QED) is 0.347. The van der Waals surface area contributed by atoms with Gasteiger partial charge in [0.1, 0.15) is 0 Å². The van der Waals surface area contributed by atoms with E-state index in [0.29, 0.717) is 6.42 Å². The third-order valence-electron chi connectivity index (χ3n) is 4.31. The highest BCUT2D eigenvalue weighted by Gasteiger charge is 2.14. The minimum absolute atomic E-state index is 0.105. The molecule has 26 heavy (non-hydrogen) atoms. The molecule has 6 heteroatoms. The number of imidazole rings is 1. The van der Waals surface area contributed by atoms with Gasteiger partial charge in [0, 0.05) is 18.7 Å². The second kappa shape index (κ2) is 8.42. The number of carbonyl (C=O) groups is 1. The van der Waals surface area contributed by atoms with Crippen LogP contribution in [0.3, 0.4) is 0 Å². The molecule has 1 atom stereocenters. The number of carbonyl (C=O) groups excluding carboxylic acids is 1. The number of rotatable bonds is 7. The molecule has 1 amide bonds. The van der Waals surface area contributed by atoms with E-state index in [0.717, 1.165) is 23.0 Å². The lowest BCUT2D eigenvalue weighted by Gasteiger charge is -2.19. The van der Waals surface area contributed by atoms with Crippen molar-refractivity contribution in [3.63, 3.8) is 0 Å². The van der Waals surface area contributed by atoms with Gasteiger partial charge in [-0.3, -0.25) is 10.0 Å². The fourth-order valence-corrected chi connectivity index (χ4v) is 3.03. The van der Waals surface area contributed by atoms with Crippen molar-refractivity contribution in [1.29, 1.82) is 0 Å². The molecule has 0 aliphatic rings. The average Bonchev–Trinajstić information content (AvgIpc) is 3.09. The number of fused-ring (bicyclic) bond motifs is 1. The van der Waals surface area contributed by atoms with Crippen molar-refractivity contribution in [2.75, 3.05) is 6.61 Å². The van der Waals surface area contributed by atoms with Crippen molar-refractivity contribution in [3.8, 4) is 0 Å². The fourth-order valence-electron chi connectivity index (χ4n) is 3.03. The molecule has 1 unspecified atom stereocenters. The van der Waals surface area contributed by atoms with Crippen molar-refractivity contribution in [2.24, 2.45) is 0 Å². The predicted octanol–water partition coefficient (Wildman–Crippen LogP) is 2.72. The van der Waals surface area contributed by atoms with Crippen LogP contribution in [0.25, 0.3) is 17.1 Å². The van der Waals surface area contributed by atoms with Gasteiger partial charge in [-0.2, -0.15) is 0 Å². The van der Waals surface area contributed by atoms with Gasteiger partial charge in [0.2, 0.25) is 0 Å². The molecule has 0 aliphatic heterocycles. The van der Waals surface area contributed by atoms with Crippen LogP contribution >= 0.6 is 0 Å². The number of nitrogens with one attached hydrogen (secondary N) is 1. The van der Waals surface area contributed by atoms with Crippen molar-refractivity contribution in [3.05, 3.63) is 72.1 Å². The van der Waals surface area contributed by atoms with Gasteiger partial charge < -0.3 is 9.67 Å². The molecule has 0 radical (unpaired) electrons. The first-order valence-electron chi connectivity index (χ1n) is 8.45. The zero-order valence-electron chi connectivity index (χ0n) is 14.2. The Kier molecular flexibility index (Phi) is 5.78. The first-order valence-corrected chi connectivity index (χ1v) is 8.45. The van der Waals surface area contributed by atoms with Crippen LogP contribution in [-0.4, -0.2) is 32.4 Å². The number of hydrogen-bond acceptors (Lipinski definition) is 4. The molecule has 0 bridgehead atoms. The molecular weight excluding hydrogens is 330 g/mol. The molecule has 1 heterocycles. The number of nitrogens with zero attached hydrogens (tertiary/aromatic N) is 2. The number of amides is 1. The van der Waals surface area contributed by atoms with E-state index in [1.54, 1.807) is 17.9 Å². The number of hydrogen-bond donors (Lipinski definition) is 3. The van der Waals surface area contributed by atoms with Crippen LogP contribution in [0.2, 0.25) is 0 Å². The van der Waals surface area contributed by atoms with Gasteiger partial charge in [-0.1, -0.05) is 36.4 Å². The molecule has 0 fully saturated rings. The highest BCUT2D eigenvalue weighted by molar-refractivity contribution is 5.91. The summed E-state index contributed by atoms with van der Waals surface area (Å²) in [7, 11) is 0. The number of benzene rings is 2. The maximum Gasteiger partial charge on any atom is 0.267 e. The summed E-state index contributed by atoms with van der Waals surface area (Å²) in [5, 5.41) is 18.0. The minimum atomic E-state index is -0.582. The van der Waals surface area contributed by atoms with E-state index in [1.165, 1.54) is 11.6 Å². The molecule has 0 spiro atoms. The molecule has 0 saturated carbocycles. The molecule has 3 aromatic rings. The van der Waals surface area contributed by atoms with Gasteiger partial charge in [-0.25, -0.2) is 10.5 Å². The summed E-state index contributed by atoms with van der Waals surface area (Å²) in [6.45, 7) is 0.105. The number of hydroxylamine groups is 1. The highest BCUT2D eigenvalue weighted by atomic mass is 16.5. The predicted molar refractivity (Wildman–Crippen MR) is 99.6 cm³/mol. The molecule has 6 nitrogen and oxygen atoms in total. The Bertz CT molecular complexity index is 903. The zero-order chi connectivity index (χ0) is 18.4. The van der Waals surface area contributed by atoms with Gasteiger partial charge in [0.25, 0.3) is 5.91 Å². The highest BCUT2D eigenvalue weighted by Crippen LogP contribution is 2.24. The van der Waals surface area contributed by atoms with Gasteiger partial charge in [0.05, 0.1) is 17.4 Å². The first-order chi connectivity index (χ1) is 12.7. The van der Waals surface area contributed by atoms with Crippen LogP contribution in [-0.2, 0) is 11.2 Å². The summed E-state index contributed by atoms with van der Waals surface area (Å²) in [5.74, 6) is -0.582. The summed E-state index contributed by atoms with van der Waals surface area (Å²) < 4.78 is 2.09. The van der Waals surface area contributed by atoms with Gasteiger partial charge in [0.15, 0.2) is 0 Å². The summed E-state index contributed by atoms with van der Waals surface area (Å²) >= 11 is 0. The van der Waals surface area contributed by atoms with Gasteiger partial charge in [-0.15, -0.1) is 0 Å². The lowest BCUT2D eigenvalue weighted by atomic mass is 10.0. The second-order valence-corrected chi connectivity index (χ2v) is 6.07. The van der Waals surface area contributed by atoms with E-state index >= 15 is 0 Å².